The molecule has 0 fully saturated rings. The zero-order valence-corrected chi connectivity index (χ0v) is 8.07. The summed E-state index contributed by atoms with van der Waals surface area (Å²) in [5.74, 6) is 0. The summed E-state index contributed by atoms with van der Waals surface area (Å²) >= 11 is 0. The predicted octanol–water partition coefficient (Wildman–Crippen LogP) is 2.64. The Morgan fingerprint density at radius 2 is 1.86 bits per heavy atom. The first-order valence-corrected chi connectivity index (χ1v) is 4.54. The molecule has 0 aliphatic rings. The van der Waals surface area contributed by atoms with Crippen molar-refractivity contribution < 1.29 is 0 Å². The van der Waals surface area contributed by atoms with Crippen LogP contribution in [0.3, 0.4) is 0 Å². The number of rotatable bonds is 1. The second-order valence-corrected chi connectivity index (χ2v) is 3.28. The van der Waals surface area contributed by atoms with Gasteiger partial charge in [0.15, 0.2) is 0 Å². The van der Waals surface area contributed by atoms with E-state index in [9.17, 15) is 0 Å². The average Bonchev–Trinajstić information content (AvgIpc) is 2.20. The van der Waals surface area contributed by atoms with Crippen LogP contribution in [0.5, 0.6) is 0 Å². The fourth-order valence-corrected chi connectivity index (χ4v) is 1.53. The van der Waals surface area contributed by atoms with Crippen LogP contribution in [0.15, 0.2) is 42.7 Å². The topological polar surface area (TPSA) is 38.9 Å². The Morgan fingerprint density at radius 3 is 2.57 bits per heavy atom. The summed E-state index contributed by atoms with van der Waals surface area (Å²) in [6.07, 6.45) is 3.44. The molecule has 1 aromatic heterocycles. The third-order valence-corrected chi connectivity index (χ3v) is 2.29. The van der Waals surface area contributed by atoms with Crippen molar-refractivity contribution in [2.75, 3.05) is 5.73 Å². The fraction of sp³-hybridized carbons (Fsp3) is 0.0833. The van der Waals surface area contributed by atoms with Gasteiger partial charge in [0.25, 0.3) is 0 Å². The van der Waals surface area contributed by atoms with Crippen LogP contribution >= 0.6 is 0 Å². The summed E-state index contributed by atoms with van der Waals surface area (Å²) in [5, 5.41) is 0. The summed E-state index contributed by atoms with van der Waals surface area (Å²) in [6, 6.07) is 10.1. The molecule has 0 bridgehead atoms. The van der Waals surface area contributed by atoms with Gasteiger partial charge in [0.2, 0.25) is 0 Å². The molecule has 2 nitrogen and oxygen atoms in total. The molecule has 2 rings (SSSR count). The molecule has 70 valence electrons. The van der Waals surface area contributed by atoms with Crippen LogP contribution in [-0.2, 0) is 0 Å². The molecule has 0 amide bonds. The van der Waals surface area contributed by atoms with Gasteiger partial charge in [-0.2, -0.15) is 0 Å². The van der Waals surface area contributed by atoms with Gasteiger partial charge in [-0.1, -0.05) is 24.3 Å². The van der Waals surface area contributed by atoms with E-state index in [-0.39, 0.29) is 0 Å². The minimum absolute atomic E-state index is 0.724. The quantitative estimate of drug-likeness (QED) is 0.740. The van der Waals surface area contributed by atoms with Crippen LogP contribution in [0.1, 0.15) is 5.56 Å². The number of benzene rings is 1. The van der Waals surface area contributed by atoms with Crippen LogP contribution in [-0.4, -0.2) is 4.98 Å². The fourth-order valence-electron chi connectivity index (χ4n) is 1.53. The number of hydrogen-bond acceptors (Lipinski definition) is 2. The summed E-state index contributed by atoms with van der Waals surface area (Å²) in [7, 11) is 0. The lowest BCUT2D eigenvalue weighted by molar-refractivity contribution is 1.33. The Kier molecular flexibility index (Phi) is 2.19. The second kappa shape index (κ2) is 3.50. The lowest BCUT2D eigenvalue weighted by atomic mass is 10.0. The van der Waals surface area contributed by atoms with Gasteiger partial charge in [0.1, 0.15) is 0 Å². The van der Waals surface area contributed by atoms with E-state index in [0.717, 1.165) is 11.3 Å². The molecule has 0 saturated carbocycles. The number of hydrogen-bond donors (Lipinski definition) is 1. The second-order valence-electron chi connectivity index (χ2n) is 3.28. The smallest absolute Gasteiger partial charge is 0.0580 e. The first kappa shape index (κ1) is 8.75. The summed E-state index contributed by atoms with van der Waals surface area (Å²) in [5.41, 5.74) is 10.0. The van der Waals surface area contributed by atoms with E-state index in [4.69, 9.17) is 5.73 Å². The zero-order valence-electron chi connectivity index (χ0n) is 8.07. The SMILES string of the molecule is Cc1ccccc1-c1ccncc1N. The van der Waals surface area contributed by atoms with Crippen LogP contribution < -0.4 is 5.73 Å². The van der Waals surface area contributed by atoms with Crippen molar-refractivity contribution >= 4 is 5.69 Å². The van der Waals surface area contributed by atoms with E-state index >= 15 is 0 Å². The van der Waals surface area contributed by atoms with Crippen molar-refractivity contribution in [1.29, 1.82) is 0 Å². The summed E-state index contributed by atoms with van der Waals surface area (Å²) in [6.45, 7) is 2.08. The zero-order chi connectivity index (χ0) is 9.97. The molecule has 0 saturated heterocycles. The van der Waals surface area contributed by atoms with E-state index in [1.165, 1.54) is 11.1 Å². The van der Waals surface area contributed by atoms with Crippen LogP contribution in [0.4, 0.5) is 5.69 Å². The van der Waals surface area contributed by atoms with Crippen molar-refractivity contribution in [3.63, 3.8) is 0 Å². The average molecular weight is 184 g/mol. The monoisotopic (exact) mass is 184 g/mol. The molecule has 1 aromatic carbocycles. The summed E-state index contributed by atoms with van der Waals surface area (Å²) < 4.78 is 0. The maximum Gasteiger partial charge on any atom is 0.0580 e. The van der Waals surface area contributed by atoms with Gasteiger partial charge in [-0.3, -0.25) is 4.98 Å². The molecule has 2 heteroatoms. The molecule has 0 radical (unpaired) electrons. The van der Waals surface area contributed by atoms with E-state index in [1.54, 1.807) is 12.4 Å². The van der Waals surface area contributed by atoms with Crippen molar-refractivity contribution in [2.45, 2.75) is 6.92 Å². The number of nitrogens with two attached hydrogens (primary N) is 1. The Morgan fingerprint density at radius 1 is 1.07 bits per heavy atom. The maximum absolute atomic E-state index is 5.86. The first-order valence-electron chi connectivity index (χ1n) is 4.54. The standard InChI is InChI=1S/C12H12N2/c1-9-4-2-3-5-10(9)11-6-7-14-8-12(11)13/h2-8H,13H2,1H3. The third-order valence-electron chi connectivity index (χ3n) is 2.29. The van der Waals surface area contributed by atoms with Crippen LogP contribution in [0.25, 0.3) is 11.1 Å². The number of pyridine rings is 1. The van der Waals surface area contributed by atoms with E-state index in [2.05, 4.69) is 24.0 Å². The first-order chi connectivity index (χ1) is 6.79. The molecular formula is C12H12N2. The largest absolute Gasteiger partial charge is 0.397 e. The van der Waals surface area contributed by atoms with Gasteiger partial charge in [-0.15, -0.1) is 0 Å². The number of nitrogen functional groups attached to an aromatic ring is 1. The van der Waals surface area contributed by atoms with Crippen molar-refractivity contribution in [3.8, 4) is 11.1 Å². The molecule has 2 aromatic rings. The highest BCUT2D eigenvalue weighted by Gasteiger charge is 2.03. The normalized spacial score (nSPS) is 10.1. The highest BCUT2D eigenvalue weighted by molar-refractivity contribution is 5.77. The van der Waals surface area contributed by atoms with E-state index in [0.29, 0.717) is 0 Å². The molecule has 0 spiro atoms. The highest BCUT2D eigenvalue weighted by atomic mass is 14.7. The van der Waals surface area contributed by atoms with Gasteiger partial charge in [0, 0.05) is 11.8 Å². The van der Waals surface area contributed by atoms with E-state index in [1.807, 2.05) is 18.2 Å². The number of nitrogens with zero attached hydrogens (tertiary/aromatic N) is 1. The number of anilines is 1. The highest BCUT2D eigenvalue weighted by Crippen LogP contribution is 2.27. The lowest BCUT2D eigenvalue weighted by Gasteiger charge is -2.07. The lowest BCUT2D eigenvalue weighted by Crippen LogP contribution is -1.92. The molecule has 0 unspecified atom stereocenters. The van der Waals surface area contributed by atoms with Gasteiger partial charge in [-0.05, 0) is 24.1 Å². The molecule has 0 atom stereocenters. The Bertz CT molecular complexity index is 406. The Hall–Kier alpha value is -1.83. The molecule has 14 heavy (non-hydrogen) atoms. The van der Waals surface area contributed by atoms with Crippen molar-refractivity contribution in [2.24, 2.45) is 0 Å². The minimum atomic E-state index is 0.724. The van der Waals surface area contributed by atoms with Crippen LogP contribution in [0.2, 0.25) is 0 Å². The molecule has 0 aliphatic heterocycles. The maximum atomic E-state index is 5.86. The van der Waals surface area contributed by atoms with Gasteiger partial charge in [-0.25, -0.2) is 0 Å². The molecule has 2 N–H and O–H groups in total. The molecule has 0 aliphatic carbocycles. The van der Waals surface area contributed by atoms with Gasteiger partial charge < -0.3 is 5.73 Å². The van der Waals surface area contributed by atoms with Crippen molar-refractivity contribution in [3.05, 3.63) is 48.3 Å². The Balaban J connectivity index is 2.61. The molecular weight excluding hydrogens is 172 g/mol. The van der Waals surface area contributed by atoms with Gasteiger partial charge in [0.05, 0.1) is 11.9 Å². The molecule has 1 heterocycles. The predicted molar refractivity (Wildman–Crippen MR) is 58.8 cm³/mol. The third kappa shape index (κ3) is 1.46. The summed E-state index contributed by atoms with van der Waals surface area (Å²) in [4.78, 5) is 3.98. The Labute approximate surface area is 83.4 Å². The number of aromatic nitrogens is 1. The van der Waals surface area contributed by atoms with Crippen LogP contribution in [0, 0.1) is 6.92 Å². The van der Waals surface area contributed by atoms with Crippen molar-refractivity contribution in [1.82, 2.24) is 4.98 Å². The number of aryl methyl sites for hydroxylation is 1. The van der Waals surface area contributed by atoms with E-state index < -0.39 is 0 Å². The minimum Gasteiger partial charge on any atom is -0.397 e. The van der Waals surface area contributed by atoms with Gasteiger partial charge >= 0.3 is 0 Å².